The number of aromatic nitrogens is 4. The van der Waals surface area contributed by atoms with Gasteiger partial charge < -0.3 is 9.97 Å². The van der Waals surface area contributed by atoms with Gasteiger partial charge in [0, 0.05) is 44.3 Å². The van der Waals surface area contributed by atoms with Gasteiger partial charge in [0.1, 0.15) is 0 Å². The Hall–Kier alpha value is -5.56. The van der Waals surface area contributed by atoms with Crippen molar-refractivity contribution in [3.8, 4) is 44.5 Å². The molecule has 0 amide bonds. The molecular formula is C40H26N4S2. The van der Waals surface area contributed by atoms with E-state index in [4.69, 9.17) is 9.97 Å². The number of aromatic amines is 2. The molecule has 2 N–H and O–H groups in total. The molecule has 9 rings (SSSR count). The van der Waals surface area contributed by atoms with Crippen LogP contribution in [0.5, 0.6) is 0 Å². The van der Waals surface area contributed by atoms with Crippen LogP contribution in [0.25, 0.3) is 90.9 Å². The maximum absolute atomic E-state index is 5.33. The van der Waals surface area contributed by atoms with Crippen molar-refractivity contribution in [1.82, 2.24) is 19.9 Å². The van der Waals surface area contributed by atoms with Crippen LogP contribution in [0.3, 0.4) is 0 Å². The third-order valence-electron chi connectivity index (χ3n) is 8.50. The zero-order valence-corrected chi connectivity index (χ0v) is 26.2. The monoisotopic (exact) mass is 626 g/mol. The molecule has 8 bridgehead atoms. The van der Waals surface area contributed by atoms with Crippen LogP contribution in [0.15, 0.2) is 119 Å². The highest BCUT2D eigenvalue weighted by Crippen LogP contribution is 2.38. The smallest absolute Gasteiger partial charge is 0.0737 e. The van der Waals surface area contributed by atoms with E-state index < -0.39 is 0 Å². The van der Waals surface area contributed by atoms with E-state index in [0.717, 1.165) is 89.4 Å². The van der Waals surface area contributed by atoms with E-state index in [1.54, 1.807) is 22.7 Å². The molecule has 6 heteroatoms. The average Bonchev–Trinajstić information content (AvgIpc) is 3.93. The first-order valence-electron chi connectivity index (χ1n) is 15.1. The molecule has 0 saturated heterocycles. The SMILES string of the molecule is C1=Cc2nc1c(-c1ccccc1)c1ccc([nH]1)c(-c1ccsc1)c1nc(c(-c3ccccc3)c3ccc([nH]3)c2-c2ccsc2)C=C1. The molecule has 7 aromatic rings. The summed E-state index contributed by atoms with van der Waals surface area (Å²) in [5.41, 5.74) is 16.5. The van der Waals surface area contributed by atoms with Gasteiger partial charge in [0.05, 0.1) is 22.8 Å². The summed E-state index contributed by atoms with van der Waals surface area (Å²) in [6.45, 7) is 0. The van der Waals surface area contributed by atoms with E-state index in [-0.39, 0.29) is 0 Å². The van der Waals surface area contributed by atoms with Crippen LogP contribution in [-0.4, -0.2) is 19.9 Å². The summed E-state index contributed by atoms with van der Waals surface area (Å²) in [4.78, 5) is 18.2. The Labute approximate surface area is 273 Å². The lowest BCUT2D eigenvalue weighted by Crippen LogP contribution is -1.88. The topological polar surface area (TPSA) is 57.4 Å². The lowest BCUT2D eigenvalue weighted by atomic mass is 10.0. The average molecular weight is 627 g/mol. The highest BCUT2D eigenvalue weighted by atomic mass is 32.1. The van der Waals surface area contributed by atoms with Crippen LogP contribution in [0.4, 0.5) is 0 Å². The van der Waals surface area contributed by atoms with Gasteiger partial charge >= 0.3 is 0 Å². The van der Waals surface area contributed by atoms with Crippen LogP contribution in [-0.2, 0) is 0 Å². The van der Waals surface area contributed by atoms with Crippen LogP contribution in [0, 0.1) is 0 Å². The number of nitrogens with zero attached hydrogens (tertiary/aromatic N) is 2. The Kier molecular flexibility index (Phi) is 6.47. The van der Waals surface area contributed by atoms with Gasteiger partial charge in [-0.3, -0.25) is 0 Å². The molecule has 5 aromatic heterocycles. The lowest BCUT2D eigenvalue weighted by Gasteiger charge is -2.05. The van der Waals surface area contributed by atoms with Crippen molar-refractivity contribution in [2.24, 2.45) is 0 Å². The van der Waals surface area contributed by atoms with Crippen molar-refractivity contribution >= 4 is 69.0 Å². The number of nitrogens with one attached hydrogen (secondary N) is 2. The van der Waals surface area contributed by atoms with Gasteiger partial charge in [-0.15, -0.1) is 0 Å². The van der Waals surface area contributed by atoms with Crippen molar-refractivity contribution in [2.45, 2.75) is 0 Å². The number of H-pyrrole nitrogens is 2. The predicted molar refractivity (Wildman–Crippen MR) is 196 cm³/mol. The molecule has 0 saturated carbocycles. The molecule has 2 aliphatic rings. The van der Waals surface area contributed by atoms with Gasteiger partial charge in [-0.05, 0) is 104 Å². The first kappa shape index (κ1) is 26.8. The fraction of sp³-hybridized carbons (Fsp3) is 0. The minimum atomic E-state index is 0.920. The fourth-order valence-corrected chi connectivity index (χ4v) is 7.74. The third-order valence-corrected chi connectivity index (χ3v) is 9.86. The molecule has 0 radical (unpaired) electrons. The van der Waals surface area contributed by atoms with Crippen molar-refractivity contribution in [2.75, 3.05) is 0 Å². The Balaban J connectivity index is 1.49. The molecule has 0 spiro atoms. The Morgan fingerprint density at radius 1 is 0.370 bits per heavy atom. The summed E-state index contributed by atoms with van der Waals surface area (Å²) in [5, 5.41) is 8.62. The number of hydrogen-bond acceptors (Lipinski definition) is 4. The van der Waals surface area contributed by atoms with Crippen LogP contribution < -0.4 is 0 Å². The van der Waals surface area contributed by atoms with E-state index in [2.05, 4.69) is 153 Å². The molecule has 2 aliphatic heterocycles. The number of benzene rings is 2. The molecule has 46 heavy (non-hydrogen) atoms. The van der Waals surface area contributed by atoms with Crippen molar-refractivity contribution in [1.29, 1.82) is 0 Å². The van der Waals surface area contributed by atoms with Gasteiger partial charge in [-0.2, -0.15) is 22.7 Å². The summed E-state index contributed by atoms with van der Waals surface area (Å²) in [6.07, 6.45) is 8.57. The molecule has 4 nitrogen and oxygen atoms in total. The first-order valence-corrected chi connectivity index (χ1v) is 17.0. The highest BCUT2D eigenvalue weighted by Gasteiger charge is 2.18. The van der Waals surface area contributed by atoms with Gasteiger partial charge in [0.25, 0.3) is 0 Å². The normalized spacial score (nSPS) is 12.2. The van der Waals surface area contributed by atoms with Crippen molar-refractivity contribution in [3.05, 3.63) is 141 Å². The van der Waals surface area contributed by atoms with Crippen LogP contribution in [0.1, 0.15) is 22.8 Å². The number of rotatable bonds is 4. The number of thiophene rings is 2. The molecule has 2 aromatic carbocycles. The minimum Gasteiger partial charge on any atom is -0.354 e. The maximum Gasteiger partial charge on any atom is 0.0737 e. The maximum atomic E-state index is 5.33. The van der Waals surface area contributed by atoms with E-state index >= 15 is 0 Å². The fourth-order valence-electron chi connectivity index (χ4n) is 6.44. The summed E-state index contributed by atoms with van der Waals surface area (Å²) in [5.74, 6) is 0. The third kappa shape index (κ3) is 4.58. The Morgan fingerprint density at radius 2 is 0.717 bits per heavy atom. The molecule has 0 atom stereocenters. The largest absolute Gasteiger partial charge is 0.354 e. The molecule has 0 unspecified atom stereocenters. The minimum absolute atomic E-state index is 0.920. The second-order valence-corrected chi connectivity index (χ2v) is 12.8. The zero-order chi connectivity index (χ0) is 30.5. The van der Waals surface area contributed by atoms with E-state index in [0.29, 0.717) is 0 Å². The summed E-state index contributed by atoms with van der Waals surface area (Å²) >= 11 is 3.38. The van der Waals surface area contributed by atoms with Crippen LogP contribution >= 0.6 is 22.7 Å². The van der Waals surface area contributed by atoms with Gasteiger partial charge in [0.15, 0.2) is 0 Å². The van der Waals surface area contributed by atoms with Gasteiger partial charge in [-0.25, -0.2) is 9.97 Å². The zero-order valence-electron chi connectivity index (χ0n) is 24.6. The molecule has 0 fully saturated rings. The van der Waals surface area contributed by atoms with E-state index in [1.165, 1.54) is 0 Å². The highest BCUT2D eigenvalue weighted by molar-refractivity contribution is 7.08. The predicted octanol–water partition coefficient (Wildman–Crippen LogP) is 11.4. The Bertz CT molecular complexity index is 2270. The molecule has 7 heterocycles. The van der Waals surface area contributed by atoms with Crippen molar-refractivity contribution in [3.63, 3.8) is 0 Å². The standard InChI is InChI=1S/C40H26N4S2/c1-3-7-25(8-4-1)37-29-11-15-33(41-29)39(27-19-21-45-23-27)35-17-13-31(43-35)38(26-9-5-2-6-10-26)32-14-18-36(44-32)40(28-20-22-46-24-28)34-16-12-30(37)42-34/h1-24,41,44H. The van der Waals surface area contributed by atoms with E-state index in [1.807, 2.05) is 0 Å². The number of fused-ring (bicyclic) bond motifs is 8. The molecule has 218 valence electrons. The second kappa shape index (κ2) is 11.1. The van der Waals surface area contributed by atoms with E-state index in [9.17, 15) is 0 Å². The number of hydrogen-bond donors (Lipinski definition) is 2. The second-order valence-electron chi connectivity index (χ2n) is 11.3. The summed E-state index contributed by atoms with van der Waals surface area (Å²) in [7, 11) is 0. The van der Waals surface area contributed by atoms with Crippen molar-refractivity contribution < 1.29 is 0 Å². The van der Waals surface area contributed by atoms with Gasteiger partial charge in [0.2, 0.25) is 0 Å². The van der Waals surface area contributed by atoms with Crippen LogP contribution in [0.2, 0.25) is 0 Å². The summed E-state index contributed by atoms with van der Waals surface area (Å²) in [6, 6.07) is 34.0. The lowest BCUT2D eigenvalue weighted by molar-refractivity contribution is 1.31. The Morgan fingerprint density at radius 3 is 1.04 bits per heavy atom. The first-order chi connectivity index (χ1) is 22.8. The van der Waals surface area contributed by atoms with Gasteiger partial charge in [-0.1, -0.05) is 60.7 Å². The molecular weight excluding hydrogens is 601 g/mol. The quantitative estimate of drug-likeness (QED) is 0.204. The summed E-state index contributed by atoms with van der Waals surface area (Å²) < 4.78 is 0. The molecule has 0 aliphatic carbocycles.